The topological polar surface area (TPSA) is 36.9 Å². The number of rotatable bonds is 6. The van der Waals surface area contributed by atoms with Gasteiger partial charge in [0.25, 0.3) is 0 Å². The van der Waals surface area contributed by atoms with E-state index in [4.69, 9.17) is 21.3 Å². The maximum Gasteiger partial charge on any atom is 0.181 e. The quantitative estimate of drug-likeness (QED) is 0.262. The van der Waals surface area contributed by atoms with Gasteiger partial charge in [0, 0.05) is 4.47 Å². The van der Waals surface area contributed by atoms with Gasteiger partial charge < -0.3 is 4.74 Å². The molecule has 1 unspecified atom stereocenters. The van der Waals surface area contributed by atoms with Gasteiger partial charge in [-0.05, 0) is 69.5 Å². The Balaban J connectivity index is 1.42. The first-order valence-corrected chi connectivity index (χ1v) is 12.8. The van der Waals surface area contributed by atoms with Crippen LogP contribution in [0.15, 0.2) is 113 Å². The van der Waals surface area contributed by atoms with Gasteiger partial charge in [0.15, 0.2) is 5.17 Å². The Morgan fingerprint density at radius 3 is 2.38 bits per heavy atom. The van der Waals surface area contributed by atoms with Crippen molar-refractivity contribution in [1.29, 1.82) is 0 Å². The zero-order valence-electron chi connectivity index (χ0n) is 18.1. The lowest BCUT2D eigenvalue weighted by molar-refractivity contribution is 0.310. The number of hydrogen-bond acceptors (Lipinski definition) is 4. The zero-order valence-corrected chi connectivity index (χ0v) is 21.2. The molecule has 7 heteroatoms. The van der Waals surface area contributed by atoms with E-state index in [1.807, 2.05) is 78.9 Å². The smallest absolute Gasteiger partial charge is 0.181 e. The van der Waals surface area contributed by atoms with E-state index in [0.29, 0.717) is 11.6 Å². The lowest BCUT2D eigenvalue weighted by Crippen LogP contribution is -2.34. The van der Waals surface area contributed by atoms with Gasteiger partial charge in [0.05, 0.1) is 17.3 Å². The van der Waals surface area contributed by atoms with Gasteiger partial charge in [-0.1, -0.05) is 84.0 Å². The second-order valence-electron chi connectivity index (χ2n) is 7.68. The minimum atomic E-state index is -0.00675. The van der Waals surface area contributed by atoms with Crippen LogP contribution in [0.4, 0.5) is 5.69 Å². The molecular formula is C27H21BrClN3OS. The average molecular weight is 551 g/mol. The van der Waals surface area contributed by atoms with Crippen LogP contribution in [0.2, 0.25) is 5.02 Å². The first kappa shape index (κ1) is 23.0. The first-order chi connectivity index (χ1) is 16.6. The summed E-state index contributed by atoms with van der Waals surface area (Å²) in [6.45, 7) is 0.688. The van der Waals surface area contributed by atoms with Gasteiger partial charge >= 0.3 is 0 Å². The molecule has 0 amide bonds. The van der Waals surface area contributed by atoms with Crippen molar-refractivity contribution >= 4 is 50.1 Å². The Morgan fingerprint density at radius 1 is 0.882 bits per heavy atom. The van der Waals surface area contributed by atoms with Crippen molar-refractivity contribution in [3.05, 3.63) is 124 Å². The van der Waals surface area contributed by atoms with Gasteiger partial charge in [0.2, 0.25) is 0 Å². The van der Waals surface area contributed by atoms with Crippen LogP contribution < -0.4 is 10.2 Å². The van der Waals surface area contributed by atoms with Crippen molar-refractivity contribution in [3.63, 3.8) is 0 Å². The Labute approximate surface area is 216 Å². The number of nitrogens with one attached hydrogen (secondary N) is 1. The minimum absolute atomic E-state index is 0.00675. The number of amidine groups is 1. The van der Waals surface area contributed by atoms with Crippen LogP contribution in [-0.4, -0.2) is 10.2 Å². The molecule has 1 aliphatic rings. The third-order valence-electron chi connectivity index (χ3n) is 5.18. The van der Waals surface area contributed by atoms with Crippen molar-refractivity contribution in [2.75, 3.05) is 0 Å². The van der Waals surface area contributed by atoms with E-state index >= 15 is 0 Å². The van der Waals surface area contributed by atoms with Gasteiger partial charge in [-0.25, -0.2) is 10.4 Å². The molecule has 0 radical (unpaired) electrons. The predicted molar refractivity (Wildman–Crippen MR) is 145 cm³/mol. The number of halogens is 2. The maximum absolute atomic E-state index is 6.31. The summed E-state index contributed by atoms with van der Waals surface area (Å²) in [5.41, 5.74) is 6.71. The summed E-state index contributed by atoms with van der Waals surface area (Å²) in [7, 11) is 0. The zero-order chi connectivity index (χ0) is 23.3. The number of thioether (sulfide) groups is 1. The molecule has 1 atom stereocenters. The van der Waals surface area contributed by atoms with Crippen LogP contribution in [0.3, 0.4) is 0 Å². The number of para-hydroxylation sites is 1. The Hall–Kier alpha value is -2.77. The fraction of sp³-hybridized carbons (Fsp3) is 0.0741. The Bertz CT molecular complexity index is 1300. The van der Waals surface area contributed by atoms with E-state index < -0.39 is 0 Å². The number of aliphatic imine (C=N–C) groups is 1. The molecule has 0 aromatic heterocycles. The van der Waals surface area contributed by atoms with E-state index in [1.165, 1.54) is 5.56 Å². The monoisotopic (exact) mass is 549 g/mol. The van der Waals surface area contributed by atoms with E-state index in [-0.39, 0.29) is 5.37 Å². The molecule has 4 aromatic carbocycles. The molecule has 0 bridgehead atoms. The van der Waals surface area contributed by atoms with Crippen molar-refractivity contribution in [2.24, 2.45) is 4.99 Å². The van der Waals surface area contributed by atoms with Crippen molar-refractivity contribution in [1.82, 2.24) is 10.4 Å². The third kappa shape index (κ3) is 5.65. The number of ether oxygens (including phenoxy) is 1. The highest BCUT2D eigenvalue weighted by molar-refractivity contribution is 9.10. The second-order valence-corrected chi connectivity index (χ2v) is 10.0. The van der Waals surface area contributed by atoms with Crippen LogP contribution in [0.25, 0.3) is 0 Å². The van der Waals surface area contributed by atoms with Crippen molar-refractivity contribution in [3.8, 4) is 11.5 Å². The predicted octanol–water partition coefficient (Wildman–Crippen LogP) is 8.33. The summed E-state index contributed by atoms with van der Waals surface area (Å²) in [4.78, 5) is 4.91. The highest BCUT2D eigenvalue weighted by Crippen LogP contribution is 2.38. The summed E-state index contributed by atoms with van der Waals surface area (Å²) in [6, 6.07) is 34.0. The lowest BCUT2D eigenvalue weighted by atomic mass is 10.2. The number of hydrogen-bond donors (Lipinski definition) is 1. The van der Waals surface area contributed by atoms with Crippen molar-refractivity contribution < 1.29 is 4.74 Å². The van der Waals surface area contributed by atoms with Crippen LogP contribution in [0.5, 0.6) is 11.5 Å². The fourth-order valence-electron chi connectivity index (χ4n) is 3.53. The van der Waals surface area contributed by atoms with Crippen LogP contribution in [0, 0.1) is 0 Å². The molecule has 34 heavy (non-hydrogen) atoms. The van der Waals surface area contributed by atoms with Gasteiger partial charge in [-0.15, -0.1) is 0 Å². The molecule has 4 nitrogen and oxygen atoms in total. The normalized spacial score (nSPS) is 16.7. The molecule has 5 rings (SSSR count). The Kier molecular flexibility index (Phi) is 7.21. The lowest BCUT2D eigenvalue weighted by Gasteiger charge is -2.19. The molecule has 1 heterocycles. The molecular weight excluding hydrogens is 530 g/mol. The number of nitrogens with zero attached hydrogens (tertiary/aromatic N) is 2. The third-order valence-corrected chi connectivity index (χ3v) is 7.55. The van der Waals surface area contributed by atoms with Gasteiger partial charge in [0.1, 0.15) is 16.9 Å². The van der Waals surface area contributed by atoms with E-state index in [2.05, 4.69) is 50.6 Å². The molecule has 0 saturated carbocycles. The molecule has 1 N–H and O–H groups in total. The minimum Gasteiger partial charge on any atom is -0.457 e. The van der Waals surface area contributed by atoms with Crippen molar-refractivity contribution in [2.45, 2.75) is 11.9 Å². The fourth-order valence-corrected chi connectivity index (χ4v) is 5.03. The second kappa shape index (κ2) is 10.7. The molecule has 4 aromatic rings. The van der Waals surface area contributed by atoms with E-state index in [9.17, 15) is 0 Å². The number of hydrazine groups is 1. The largest absolute Gasteiger partial charge is 0.457 e. The molecule has 1 aliphatic heterocycles. The van der Waals surface area contributed by atoms with Crippen LogP contribution in [-0.2, 0) is 6.54 Å². The highest BCUT2D eigenvalue weighted by Gasteiger charge is 2.30. The molecule has 170 valence electrons. The van der Waals surface area contributed by atoms with Crippen LogP contribution in [0.1, 0.15) is 16.5 Å². The standard InChI is InChI=1S/C27H21BrClN3OS/c28-24-15-14-21(17-25(24)29)30-27-32(18-19-8-3-1-4-9-19)31-26(34-27)20-10-7-13-23(16-20)33-22-11-5-2-6-12-22/h1-17,26,31H,18H2. The summed E-state index contributed by atoms with van der Waals surface area (Å²) < 4.78 is 6.90. The Morgan fingerprint density at radius 2 is 1.62 bits per heavy atom. The van der Waals surface area contributed by atoms with Crippen LogP contribution >= 0.6 is 39.3 Å². The first-order valence-electron chi connectivity index (χ1n) is 10.7. The molecule has 0 aliphatic carbocycles. The summed E-state index contributed by atoms with van der Waals surface area (Å²) >= 11 is 11.4. The molecule has 1 fully saturated rings. The maximum atomic E-state index is 6.31. The summed E-state index contributed by atoms with van der Waals surface area (Å²) in [5.74, 6) is 1.61. The summed E-state index contributed by atoms with van der Waals surface area (Å²) in [5, 5.41) is 3.59. The highest BCUT2D eigenvalue weighted by atomic mass is 79.9. The van der Waals surface area contributed by atoms with E-state index in [0.717, 1.165) is 32.4 Å². The van der Waals surface area contributed by atoms with E-state index in [1.54, 1.807) is 11.8 Å². The van der Waals surface area contributed by atoms with Gasteiger partial charge in [-0.2, -0.15) is 0 Å². The molecule has 0 spiro atoms. The number of benzene rings is 4. The molecule has 1 saturated heterocycles. The SMILES string of the molecule is Clc1cc(N=C2SC(c3cccc(Oc4ccccc4)c3)NN2Cc2ccccc2)ccc1Br. The summed E-state index contributed by atoms with van der Waals surface area (Å²) in [6.07, 6.45) is 0. The average Bonchev–Trinajstić information content (AvgIpc) is 3.25. The van der Waals surface area contributed by atoms with Gasteiger partial charge in [-0.3, -0.25) is 5.01 Å².